The molecule has 0 amide bonds. The molecular formula is C14H10O6. The van der Waals surface area contributed by atoms with Gasteiger partial charge in [-0.3, -0.25) is 4.79 Å². The number of aliphatic hydroxyl groups excluding tert-OH is 1. The summed E-state index contributed by atoms with van der Waals surface area (Å²) in [5, 5.41) is 27.1. The van der Waals surface area contributed by atoms with E-state index in [-0.39, 0.29) is 17.6 Å². The van der Waals surface area contributed by atoms with Crippen molar-refractivity contribution in [1.82, 2.24) is 0 Å². The topological polar surface area (TPSA) is 112 Å². The Balaban J connectivity index is 2.35. The van der Waals surface area contributed by atoms with E-state index < -0.39 is 23.5 Å². The smallest absolute Gasteiger partial charge is 0.335 e. The Morgan fingerprint density at radius 1 is 1.00 bits per heavy atom. The van der Waals surface area contributed by atoms with Crippen molar-refractivity contribution < 1.29 is 29.7 Å². The number of aromatic carboxylic acids is 1. The molecule has 1 aromatic rings. The minimum Gasteiger partial charge on any atom is -0.504 e. The Bertz CT molecular complexity index is 663. The monoisotopic (exact) mass is 274 g/mol. The molecular weight excluding hydrogens is 264 g/mol. The molecule has 1 aliphatic carbocycles. The zero-order valence-electron chi connectivity index (χ0n) is 10.2. The van der Waals surface area contributed by atoms with Crippen LogP contribution in [0, 0.1) is 0 Å². The van der Waals surface area contributed by atoms with Crippen LogP contribution in [-0.4, -0.2) is 33.0 Å². The summed E-state index contributed by atoms with van der Waals surface area (Å²) in [6.07, 6.45) is 1.05. The first kappa shape index (κ1) is 13.5. The van der Waals surface area contributed by atoms with Crippen LogP contribution in [0.25, 0.3) is 5.57 Å². The lowest BCUT2D eigenvalue weighted by atomic mass is 9.91. The van der Waals surface area contributed by atoms with Crippen molar-refractivity contribution in [3.05, 3.63) is 52.8 Å². The molecule has 2 rings (SSSR count). The number of benzene rings is 1. The van der Waals surface area contributed by atoms with Crippen LogP contribution in [0.3, 0.4) is 0 Å². The van der Waals surface area contributed by atoms with Gasteiger partial charge in [-0.2, -0.15) is 0 Å². The molecule has 20 heavy (non-hydrogen) atoms. The average molecular weight is 274 g/mol. The van der Waals surface area contributed by atoms with Crippen LogP contribution in [0.4, 0.5) is 0 Å². The van der Waals surface area contributed by atoms with Crippen molar-refractivity contribution in [1.29, 1.82) is 0 Å². The van der Waals surface area contributed by atoms with E-state index in [0.29, 0.717) is 11.1 Å². The standard InChI is InChI=1S/C14H10O6/c15-11-6-9(5-10(12(11)16)14(19)20)7-1-3-8(4-2-7)13(17)18/h1-4,6,16H,5H2,(H,17,18)(H,19,20). The maximum absolute atomic E-state index is 11.5. The van der Waals surface area contributed by atoms with Crippen molar-refractivity contribution in [2.45, 2.75) is 6.42 Å². The van der Waals surface area contributed by atoms with E-state index in [1.54, 1.807) is 0 Å². The number of aliphatic carboxylic acids is 1. The van der Waals surface area contributed by atoms with Gasteiger partial charge in [-0.05, 0) is 29.3 Å². The highest BCUT2D eigenvalue weighted by Gasteiger charge is 2.25. The van der Waals surface area contributed by atoms with Crippen molar-refractivity contribution in [3.8, 4) is 0 Å². The number of aliphatic hydroxyl groups is 1. The fourth-order valence-corrected chi connectivity index (χ4v) is 1.89. The third-order valence-electron chi connectivity index (χ3n) is 2.95. The van der Waals surface area contributed by atoms with Gasteiger partial charge < -0.3 is 15.3 Å². The van der Waals surface area contributed by atoms with Crippen molar-refractivity contribution in [2.24, 2.45) is 0 Å². The number of carboxylic acid groups (broad SMARTS) is 2. The summed E-state index contributed by atoms with van der Waals surface area (Å²) in [5.74, 6) is -3.97. The molecule has 0 saturated heterocycles. The number of allylic oxidation sites excluding steroid dienone is 2. The molecule has 3 N–H and O–H groups in total. The molecule has 0 atom stereocenters. The number of carbonyl (C=O) groups excluding carboxylic acids is 1. The van der Waals surface area contributed by atoms with Crippen LogP contribution >= 0.6 is 0 Å². The Kier molecular flexibility index (Phi) is 3.39. The summed E-state index contributed by atoms with van der Waals surface area (Å²) in [5.41, 5.74) is 0.680. The number of hydrogen-bond donors (Lipinski definition) is 3. The third kappa shape index (κ3) is 2.44. The second-order valence-electron chi connectivity index (χ2n) is 4.23. The normalized spacial score (nSPS) is 15.0. The van der Waals surface area contributed by atoms with Gasteiger partial charge >= 0.3 is 11.9 Å². The van der Waals surface area contributed by atoms with Crippen molar-refractivity contribution in [3.63, 3.8) is 0 Å². The summed E-state index contributed by atoms with van der Waals surface area (Å²) < 4.78 is 0. The van der Waals surface area contributed by atoms with E-state index in [4.69, 9.17) is 10.2 Å². The molecule has 0 fully saturated rings. The van der Waals surface area contributed by atoms with Gasteiger partial charge in [0, 0.05) is 6.42 Å². The molecule has 0 bridgehead atoms. The molecule has 0 radical (unpaired) electrons. The van der Waals surface area contributed by atoms with E-state index in [1.165, 1.54) is 24.3 Å². The molecule has 0 spiro atoms. The van der Waals surface area contributed by atoms with Crippen LogP contribution in [0.5, 0.6) is 0 Å². The maximum Gasteiger partial charge on any atom is 0.335 e. The van der Waals surface area contributed by atoms with E-state index in [0.717, 1.165) is 6.08 Å². The zero-order valence-corrected chi connectivity index (χ0v) is 10.2. The molecule has 6 nitrogen and oxygen atoms in total. The number of hydrogen-bond acceptors (Lipinski definition) is 4. The number of rotatable bonds is 3. The summed E-state index contributed by atoms with van der Waals surface area (Å²) in [6, 6.07) is 5.71. The molecule has 0 saturated carbocycles. The molecule has 6 heteroatoms. The van der Waals surface area contributed by atoms with Crippen LogP contribution in [0.15, 0.2) is 41.7 Å². The fraction of sp³-hybridized carbons (Fsp3) is 0.0714. The van der Waals surface area contributed by atoms with E-state index in [1.807, 2.05) is 0 Å². The summed E-state index contributed by atoms with van der Waals surface area (Å²) in [7, 11) is 0. The maximum atomic E-state index is 11.5. The van der Waals surface area contributed by atoms with Gasteiger partial charge in [0.2, 0.25) is 5.78 Å². The Morgan fingerprint density at radius 3 is 2.10 bits per heavy atom. The second-order valence-corrected chi connectivity index (χ2v) is 4.23. The number of carboxylic acids is 2. The minimum absolute atomic E-state index is 0.0910. The van der Waals surface area contributed by atoms with Crippen molar-refractivity contribution in [2.75, 3.05) is 0 Å². The van der Waals surface area contributed by atoms with Crippen LogP contribution in [0.1, 0.15) is 22.3 Å². The van der Waals surface area contributed by atoms with E-state index >= 15 is 0 Å². The van der Waals surface area contributed by atoms with E-state index in [2.05, 4.69) is 0 Å². The highest BCUT2D eigenvalue weighted by atomic mass is 16.4. The fourth-order valence-electron chi connectivity index (χ4n) is 1.89. The van der Waals surface area contributed by atoms with Gasteiger partial charge in [0.25, 0.3) is 0 Å². The highest BCUT2D eigenvalue weighted by molar-refractivity contribution is 6.13. The molecule has 0 aliphatic heterocycles. The van der Waals surface area contributed by atoms with Crippen LogP contribution in [0.2, 0.25) is 0 Å². The molecule has 1 aliphatic rings. The lowest BCUT2D eigenvalue weighted by Crippen LogP contribution is -2.15. The van der Waals surface area contributed by atoms with Crippen molar-refractivity contribution >= 4 is 23.3 Å². The summed E-state index contributed by atoms with van der Waals surface area (Å²) in [6.45, 7) is 0. The van der Waals surface area contributed by atoms with Gasteiger partial charge in [-0.15, -0.1) is 0 Å². The first-order valence-corrected chi connectivity index (χ1v) is 5.64. The molecule has 102 valence electrons. The lowest BCUT2D eigenvalue weighted by molar-refractivity contribution is -0.133. The lowest BCUT2D eigenvalue weighted by Gasteiger charge is -2.14. The molecule has 0 aromatic heterocycles. The predicted molar refractivity (Wildman–Crippen MR) is 68.3 cm³/mol. The highest BCUT2D eigenvalue weighted by Crippen LogP contribution is 2.29. The molecule has 0 unspecified atom stereocenters. The Morgan fingerprint density at radius 2 is 1.60 bits per heavy atom. The van der Waals surface area contributed by atoms with Crippen LogP contribution < -0.4 is 0 Å². The van der Waals surface area contributed by atoms with Gasteiger partial charge in [0.05, 0.1) is 11.1 Å². The zero-order chi connectivity index (χ0) is 14.9. The molecule has 1 aromatic carbocycles. The predicted octanol–water partition coefficient (Wildman–Crippen LogP) is 1.64. The summed E-state index contributed by atoms with van der Waals surface area (Å²) in [4.78, 5) is 33.2. The number of carbonyl (C=O) groups is 3. The Labute approximate surface area is 113 Å². The minimum atomic E-state index is -1.36. The van der Waals surface area contributed by atoms with Gasteiger partial charge in [0.15, 0.2) is 5.76 Å². The largest absolute Gasteiger partial charge is 0.504 e. The van der Waals surface area contributed by atoms with E-state index in [9.17, 15) is 19.5 Å². The average Bonchev–Trinajstić information content (AvgIpc) is 2.41. The van der Waals surface area contributed by atoms with Gasteiger partial charge in [-0.25, -0.2) is 9.59 Å². The van der Waals surface area contributed by atoms with Crippen LogP contribution in [-0.2, 0) is 9.59 Å². The SMILES string of the molecule is O=C(O)C1=C(O)C(=O)C=C(c2ccc(C(=O)O)cc2)C1. The first-order valence-electron chi connectivity index (χ1n) is 5.64. The second kappa shape index (κ2) is 5.00. The van der Waals surface area contributed by atoms with Gasteiger partial charge in [0.1, 0.15) is 0 Å². The quantitative estimate of drug-likeness (QED) is 0.772. The molecule has 0 heterocycles. The summed E-state index contributed by atoms with van der Waals surface area (Å²) >= 11 is 0. The van der Waals surface area contributed by atoms with Gasteiger partial charge in [-0.1, -0.05) is 12.1 Å². The number of ketones is 1. The Hall–Kier alpha value is -2.89. The first-order chi connectivity index (χ1) is 9.40. The third-order valence-corrected chi connectivity index (χ3v) is 2.95.